The molecule has 0 unspecified atom stereocenters. The maximum absolute atomic E-state index is 13.8. The van der Waals surface area contributed by atoms with E-state index in [1.807, 2.05) is 42.5 Å². The summed E-state index contributed by atoms with van der Waals surface area (Å²) in [5.74, 6) is -0.502. The Morgan fingerprint density at radius 1 is 0.848 bits per heavy atom. The lowest BCUT2D eigenvalue weighted by molar-refractivity contribution is -0.131. The lowest BCUT2D eigenvalue weighted by atomic mass is 9.91. The van der Waals surface area contributed by atoms with Gasteiger partial charge in [-0.3, -0.25) is 9.59 Å². The van der Waals surface area contributed by atoms with E-state index in [0.717, 1.165) is 43.1 Å². The summed E-state index contributed by atoms with van der Waals surface area (Å²) < 4.78 is 5.80. The van der Waals surface area contributed by atoms with Crippen molar-refractivity contribution in [1.29, 1.82) is 0 Å². The zero-order chi connectivity index (χ0) is 22.9. The average Bonchev–Trinajstić information content (AvgIpc) is 2.85. The van der Waals surface area contributed by atoms with Gasteiger partial charge < -0.3 is 14.7 Å². The van der Waals surface area contributed by atoms with E-state index in [1.165, 1.54) is 6.92 Å². The SMILES string of the molecule is CC(=O)Oc1c(N2CCCCC2)c(C(=O)c2ccccc2)c(O)c2c1ccc1ccccc12. The van der Waals surface area contributed by atoms with Crippen LogP contribution in [0.15, 0.2) is 66.7 Å². The Labute approximate surface area is 192 Å². The van der Waals surface area contributed by atoms with Gasteiger partial charge >= 0.3 is 5.97 Å². The molecule has 0 aliphatic carbocycles. The predicted molar refractivity (Wildman–Crippen MR) is 130 cm³/mol. The molecule has 0 aromatic heterocycles. The van der Waals surface area contributed by atoms with E-state index < -0.39 is 5.97 Å². The first-order valence-corrected chi connectivity index (χ1v) is 11.3. The molecule has 1 heterocycles. The molecule has 0 atom stereocenters. The summed E-state index contributed by atoms with van der Waals surface area (Å²) in [5, 5.41) is 14.5. The van der Waals surface area contributed by atoms with Crippen molar-refractivity contribution in [3.05, 3.63) is 77.9 Å². The fourth-order valence-corrected chi connectivity index (χ4v) is 4.81. The van der Waals surface area contributed by atoms with Crippen LogP contribution in [0.4, 0.5) is 5.69 Å². The van der Waals surface area contributed by atoms with Crippen LogP contribution in [-0.4, -0.2) is 29.9 Å². The second-order valence-electron chi connectivity index (χ2n) is 8.45. The van der Waals surface area contributed by atoms with Crippen molar-refractivity contribution in [2.75, 3.05) is 18.0 Å². The fourth-order valence-electron chi connectivity index (χ4n) is 4.81. The first-order chi connectivity index (χ1) is 16.1. The number of carbonyl (C=O) groups is 2. The molecule has 0 amide bonds. The first kappa shape index (κ1) is 21.0. The number of benzene rings is 4. The Morgan fingerprint density at radius 3 is 2.27 bits per heavy atom. The van der Waals surface area contributed by atoms with Crippen molar-refractivity contribution in [3.8, 4) is 11.5 Å². The molecule has 5 rings (SSSR count). The van der Waals surface area contributed by atoms with Crippen LogP contribution in [0, 0.1) is 0 Å². The van der Waals surface area contributed by atoms with Crippen LogP contribution in [0.1, 0.15) is 42.1 Å². The summed E-state index contributed by atoms with van der Waals surface area (Å²) in [4.78, 5) is 28.1. The number of carbonyl (C=O) groups excluding carboxylic acids is 2. The van der Waals surface area contributed by atoms with E-state index in [4.69, 9.17) is 4.74 Å². The van der Waals surface area contributed by atoms with Crippen LogP contribution >= 0.6 is 0 Å². The molecule has 166 valence electrons. The highest BCUT2D eigenvalue weighted by Gasteiger charge is 2.31. The number of piperidine rings is 1. The van der Waals surface area contributed by atoms with Gasteiger partial charge in [0, 0.05) is 36.3 Å². The minimum absolute atomic E-state index is 0.0767. The normalized spacial score (nSPS) is 13.9. The largest absolute Gasteiger partial charge is 0.506 e. The molecular weight excluding hydrogens is 414 g/mol. The molecule has 1 aliphatic rings. The van der Waals surface area contributed by atoms with Gasteiger partial charge in [-0.25, -0.2) is 0 Å². The molecule has 0 bridgehead atoms. The number of phenols is 1. The van der Waals surface area contributed by atoms with Crippen molar-refractivity contribution in [2.24, 2.45) is 0 Å². The van der Waals surface area contributed by atoms with E-state index >= 15 is 0 Å². The van der Waals surface area contributed by atoms with Crippen LogP contribution in [0.2, 0.25) is 0 Å². The second-order valence-corrected chi connectivity index (χ2v) is 8.45. The minimum Gasteiger partial charge on any atom is -0.506 e. The summed E-state index contributed by atoms with van der Waals surface area (Å²) in [6.07, 6.45) is 3.04. The standard InChI is InChI=1S/C28H25NO4/c1-18(30)33-28-22-15-14-19-10-6-7-13-21(19)23(22)27(32)24(25(28)29-16-8-3-9-17-29)26(31)20-11-4-2-5-12-20/h2,4-7,10-15,32H,3,8-9,16-17H2,1H3. The number of anilines is 1. The molecule has 1 fully saturated rings. The van der Waals surface area contributed by atoms with Gasteiger partial charge in [0.05, 0.1) is 11.3 Å². The van der Waals surface area contributed by atoms with Crippen molar-refractivity contribution >= 4 is 39.0 Å². The Balaban J connectivity index is 1.92. The Kier molecular flexibility index (Phi) is 5.47. The maximum Gasteiger partial charge on any atom is 0.308 e. The lowest BCUT2D eigenvalue weighted by Gasteiger charge is -2.32. The van der Waals surface area contributed by atoms with E-state index in [9.17, 15) is 14.7 Å². The fraction of sp³-hybridized carbons (Fsp3) is 0.214. The van der Waals surface area contributed by atoms with Crippen LogP contribution in [-0.2, 0) is 4.79 Å². The second kappa shape index (κ2) is 8.58. The van der Waals surface area contributed by atoms with Crippen LogP contribution in [0.5, 0.6) is 11.5 Å². The highest BCUT2D eigenvalue weighted by molar-refractivity contribution is 6.23. The number of nitrogens with zero attached hydrogens (tertiary/aromatic N) is 1. The molecule has 1 saturated heterocycles. The number of ketones is 1. The molecule has 1 aliphatic heterocycles. The quantitative estimate of drug-likeness (QED) is 0.187. The summed E-state index contributed by atoms with van der Waals surface area (Å²) >= 11 is 0. The van der Waals surface area contributed by atoms with Crippen LogP contribution in [0.25, 0.3) is 21.5 Å². The van der Waals surface area contributed by atoms with Gasteiger partial charge in [0.2, 0.25) is 0 Å². The van der Waals surface area contributed by atoms with E-state index in [2.05, 4.69) is 4.90 Å². The van der Waals surface area contributed by atoms with Gasteiger partial charge in [-0.2, -0.15) is 0 Å². The molecule has 5 nitrogen and oxygen atoms in total. The third kappa shape index (κ3) is 3.69. The first-order valence-electron chi connectivity index (χ1n) is 11.3. The Morgan fingerprint density at radius 2 is 1.55 bits per heavy atom. The van der Waals surface area contributed by atoms with E-state index in [-0.39, 0.29) is 17.1 Å². The Bertz CT molecular complexity index is 1370. The number of rotatable bonds is 4. The molecule has 33 heavy (non-hydrogen) atoms. The monoisotopic (exact) mass is 439 g/mol. The molecule has 0 radical (unpaired) electrons. The van der Waals surface area contributed by atoms with E-state index in [0.29, 0.717) is 27.8 Å². The van der Waals surface area contributed by atoms with Crippen LogP contribution in [0.3, 0.4) is 0 Å². The van der Waals surface area contributed by atoms with Gasteiger partial charge in [-0.15, -0.1) is 0 Å². The third-order valence-corrected chi connectivity index (χ3v) is 6.28. The third-order valence-electron chi connectivity index (χ3n) is 6.28. The number of ether oxygens (including phenoxy) is 1. The average molecular weight is 440 g/mol. The maximum atomic E-state index is 13.8. The zero-order valence-corrected chi connectivity index (χ0v) is 18.5. The lowest BCUT2D eigenvalue weighted by Crippen LogP contribution is -2.31. The molecule has 1 N–H and O–H groups in total. The summed E-state index contributed by atoms with van der Waals surface area (Å²) in [7, 11) is 0. The van der Waals surface area contributed by atoms with Crippen molar-refractivity contribution in [3.63, 3.8) is 0 Å². The number of hydrogen-bond donors (Lipinski definition) is 1. The number of fused-ring (bicyclic) bond motifs is 3. The summed E-state index contributed by atoms with van der Waals surface area (Å²) in [6.45, 7) is 2.81. The number of phenolic OH excluding ortho intramolecular Hbond substituents is 1. The molecule has 4 aromatic carbocycles. The molecule has 0 spiro atoms. The van der Waals surface area contributed by atoms with Gasteiger partial charge in [0.1, 0.15) is 5.75 Å². The summed E-state index contributed by atoms with van der Waals surface area (Å²) in [6, 6.07) is 20.4. The van der Waals surface area contributed by atoms with Crippen LogP contribution < -0.4 is 9.64 Å². The predicted octanol–water partition coefficient (Wildman–Crippen LogP) is 5.85. The molecule has 0 saturated carbocycles. The topological polar surface area (TPSA) is 66.8 Å². The number of hydrogen-bond acceptors (Lipinski definition) is 5. The Hall–Kier alpha value is -3.86. The molecule has 5 heteroatoms. The van der Waals surface area contributed by atoms with Gasteiger partial charge in [-0.1, -0.05) is 60.7 Å². The number of esters is 1. The number of aromatic hydroxyl groups is 1. The molecule has 4 aromatic rings. The zero-order valence-electron chi connectivity index (χ0n) is 18.5. The van der Waals surface area contributed by atoms with Crippen molar-refractivity contribution in [1.82, 2.24) is 0 Å². The van der Waals surface area contributed by atoms with Gasteiger partial charge in [0.15, 0.2) is 11.5 Å². The van der Waals surface area contributed by atoms with E-state index in [1.54, 1.807) is 24.3 Å². The van der Waals surface area contributed by atoms with Gasteiger partial charge in [-0.05, 0) is 36.1 Å². The van der Waals surface area contributed by atoms with Gasteiger partial charge in [0.25, 0.3) is 0 Å². The highest BCUT2D eigenvalue weighted by atomic mass is 16.5. The van der Waals surface area contributed by atoms with Crippen molar-refractivity contribution in [2.45, 2.75) is 26.2 Å². The molecular formula is C28H25NO4. The van der Waals surface area contributed by atoms with Crippen molar-refractivity contribution < 1.29 is 19.4 Å². The summed E-state index contributed by atoms with van der Waals surface area (Å²) in [5.41, 5.74) is 1.15. The minimum atomic E-state index is -0.466. The smallest absolute Gasteiger partial charge is 0.308 e. The highest BCUT2D eigenvalue weighted by Crippen LogP contribution is 2.49.